The first-order chi connectivity index (χ1) is 19.5. The second kappa shape index (κ2) is 10.4. The lowest BCUT2D eigenvalue weighted by Gasteiger charge is -2.13. The summed E-state index contributed by atoms with van der Waals surface area (Å²) >= 11 is 0. The van der Waals surface area contributed by atoms with Gasteiger partial charge >= 0.3 is 0 Å². The summed E-state index contributed by atoms with van der Waals surface area (Å²) in [6.45, 7) is 0. The lowest BCUT2D eigenvalue weighted by Crippen LogP contribution is -2.18. The molecule has 0 bridgehead atoms. The number of methoxy groups -OCH3 is 1. The van der Waals surface area contributed by atoms with Gasteiger partial charge in [0.05, 0.1) is 29.3 Å². The number of benzene rings is 3. The highest BCUT2D eigenvalue weighted by atomic mass is 16.5. The third-order valence-corrected chi connectivity index (χ3v) is 6.65. The van der Waals surface area contributed by atoms with Crippen molar-refractivity contribution in [2.75, 3.05) is 19.5 Å². The van der Waals surface area contributed by atoms with Crippen molar-refractivity contribution in [1.82, 2.24) is 24.8 Å². The monoisotopic (exact) mass is 534 g/mol. The number of carbonyl (C=O) groups excluding carboxylic acids is 1. The lowest BCUT2D eigenvalue weighted by atomic mass is 10.0. The van der Waals surface area contributed by atoms with Crippen LogP contribution in [0.1, 0.15) is 13.3 Å². The van der Waals surface area contributed by atoms with Crippen molar-refractivity contribution in [3.8, 4) is 28.4 Å². The van der Waals surface area contributed by atoms with E-state index in [1.54, 1.807) is 26.3 Å². The van der Waals surface area contributed by atoms with Crippen LogP contribution in [0.15, 0.2) is 91.3 Å². The van der Waals surface area contributed by atoms with E-state index in [2.05, 4.69) is 32.7 Å². The summed E-state index contributed by atoms with van der Waals surface area (Å²) in [7, 11) is 5.15. The van der Waals surface area contributed by atoms with Gasteiger partial charge in [0.1, 0.15) is 22.9 Å². The van der Waals surface area contributed by atoms with Crippen molar-refractivity contribution in [3.63, 3.8) is 0 Å². The number of aromatic nitrogens is 4. The third kappa shape index (κ3) is 4.76. The van der Waals surface area contributed by atoms with Crippen LogP contribution in [-0.2, 0) is 7.05 Å². The van der Waals surface area contributed by atoms with Gasteiger partial charge in [0, 0.05) is 52.4 Å². The van der Waals surface area contributed by atoms with Crippen molar-refractivity contribution in [1.29, 1.82) is 0 Å². The van der Waals surface area contributed by atoms with E-state index in [0.29, 0.717) is 23.2 Å². The van der Waals surface area contributed by atoms with E-state index in [4.69, 9.17) is 14.5 Å². The number of nitrogens with one attached hydrogen (secondary N) is 2. The van der Waals surface area contributed by atoms with Gasteiger partial charge < -0.3 is 24.7 Å². The van der Waals surface area contributed by atoms with Crippen molar-refractivity contribution in [2.24, 2.45) is 7.05 Å². The Morgan fingerprint density at radius 2 is 1.75 bits per heavy atom. The fourth-order valence-corrected chi connectivity index (χ4v) is 4.55. The number of nitrogens with zero attached hydrogens (tertiary/aromatic N) is 4. The van der Waals surface area contributed by atoms with Gasteiger partial charge in [0.15, 0.2) is 0 Å². The largest absolute Gasteiger partial charge is 0.495 e. The molecule has 0 aliphatic carbocycles. The Bertz CT molecular complexity index is 1890. The smallest absolute Gasteiger partial charge is 0.269 e. The molecule has 0 saturated carbocycles. The van der Waals surface area contributed by atoms with Crippen LogP contribution in [0.4, 0.5) is 11.6 Å². The first-order valence-electron chi connectivity index (χ1n) is 12.6. The first-order valence-corrected chi connectivity index (χ1v) is 12.6. The third-order valence-electron chi connectivity index (χ3n) is 6.65. The topological polar surface area (TPSA) is 103 Å². The molecule has 0 fully saturated rings. The predicted molar refractivity (Wildman–Crippen MR) is 160 cm³/mol. The van der Waals surface area contributed by atoms with Gasteiger partial charge in [-0.2, -0.15) is 0 Å². The molecule has 6 rings (SSSR count). The van der Waals surface area contributed by atoms with Gasteiger partial charge in [-0.1, -0.05) is 24.3 Å². The van der Waals surface area contributed by atoms with Crippen LogP contribution < -0.4 is 20.1 Å². The van der Waals surface area contributed by atoms with Gasteiger partial charge in [0.2, 0.25) is 5.95 Å². The standard InChI is InChI=1S/C31H26N6O3.2H2/c1-32-30(38)27-17-23(12-13-33-27)40-22-9-10-28-25(16-22)35-31(37(28)2)36-26-15-19(8-11-29(26)39-3)21-14-20-6-4-5-7-24(20)34-18-21;;/h4-18H,1-3H3,(H,32,38)(H,35,36);2*1H. The second-order valence-electron chi connectivity index (χ2n) is 9.16. The number of imidazole rings is 1. The molecule has 3 heterocycles. The highest BCUT2D eigenvalue weighted by Gasteiger charge is 2.14. The average Bonchev–Trinajstić information content (AvgIpc) is 3.30. The number of ether oxygens (including phenoxy) is 2. The molecular weight excluding hydrogens is 504 g/mol. The molecule has 0 spiro atoms. The molecule has 2 N–H and O–H groups in total. The molecule has 202 valence electrons. The van der Waals surface area contributed by atoms with E-state index in [1.807, 2.05) is 72.4 Å². The van der Waals surface area contributed by atoms with Crippen molar-refractivity contribution >= 4 is 39.5 Å². The van der Waals surface area contributed by atoms with Gasteiger partial charge in [-0.15, -0.1) is 0 Å². The van der Waals surface area contributed by atoms with E-state index in [1.165, 1.54) is 6.20 Å². The summed E-state index contributed by atoms with van der Waals surface area (Å²) < 4.78 is 13.6. The van der Waals surface area contributed by atoms with Crippen molar-refractivity contribution in [2.45, 2.75) is 0 Å². The minimum atomic E-state index is -0.280. The number of carbonyl (C=O) groups is 1. The number of aryl methyl sites for hydroxylation is 1. The van der Waals surface area contributed by atoms with E-state index < -0.39 is 0 Å². The number of para-hydroxylation sites is 1. The highest BCUT2D eigenvalue weighted by Crippen LogP contribution is 2.34. The van der Waals surface area contributed by atoms with E-state index in [9.17, 15) is 4.79 Å². The second-order valence-corrected chi connectivity index (χ2v) is 9.16. The predicted octanol–water partition coefficient (Wildman–Crippen LogP) is 6.58. The Balaban J connectivity index is 0.00000202. The lowest BCUT2D eigenvalue weighted by molar-refractivity contribution is 0.0958. The normalized spacial score (nSPS) is 11.0. The molecule has 3 aromatic heterocycles. The van der Waals surface area contributed by atoms with Gasteiger partial charge in [-0.25, -0.2) is 4.98 Å². The molecule has 0 saturated heterocycles. The fraction of sp³-hybridized carbons (Fsp3) is 0.0968. The van der Waals surface area contributed by atoms with Crippen molar-refractivity contribution in [3.05, 3.63) is 97.0 Å². The zero-order chi connectivity index (χ0) is 27.6. The SMILES string of the molecule is CNC(=O)c1cc(Oc2ccc3c(c2)nc(Nc2cc(-c4cnc5ccccc5c4)ccc2OC)n3C)ccn1.[HH].[HH]. The Morgan fingerprint density at radius 3 is 2.60 bits per heavy atom. The highest BCUT2D eigenvalue weighted by molar-refractivity contribution is 5.92. The molecule has 1 amide bonds. The number of rotatable bonds is 7. The summed E-state index contributed by atoms with van der Waals surface area (Å²) in [5.74, 6) is 2.16. The summed E-state index contributed by atoms with van der Waals surface area (Å²) in [5.41, 5.74) is 5.69. The van der Waals surface area contributed by atoms with Crippen LogP contribution in [-0.4, -0.2) is 39.6 Å². The molecule has 9 heteroatoms. The summed E-state index contributed by atoms with van der Waals surface area (Å²) in [6.07, 6.45) is 3.42. The summed E-state index contributed by atoms with van der Waals surface area (Å²) in [5, 5.41) is 7.08. The van der Waals surface area contributed by atoms with Crippen molar-refractivity contribution < 1.29 is 17.1 Å². The van der Waals surface area contributed by atoms with E-state index in [0.717, 1.165) is 38.8 Å². The molecular formula is C31H30N6O3. The zero-order valence-electron chi connectivity index (χ0n) is 22.2. The quantitative estimate of drug-likeness (QED) is 0.238. The maximum Gasteiger partial charge on any atom is 0.269 e. The maximum atomic E-state index is 11.9. The van der Waals surface area contributed by atoms with E-state index >= 15 is 0 Å². The Kier molecular flexibility index (Phi) is 6.45. The average molecular weight is 535 g/mol. The Hall–Kier alpha value is -5.44. The number of amides is 1. The molecule has 40 heavy (non-hydrogen) atoms. The van der Waals surface area contributed by atoms with Crippen LogP contribution in [0, 0.1) is 0 Å². The van der Waals surface area contributed by atoms with Crippen LogP contribution in [0.5, 0.6) is 17.2 Å². The molecule has 0 aliphatic heterocycles. The van der Waals surface area contributed by atoms with E-state index in [-0.39, 0.29) is 14.5 Å². The van der Waals surface area contributed by atoms with Crippen LogP contribution in [0.25, 0.3) is 33.1 Å². The minimum absolute atomic E-state index is 0. The molecule has 3 aromatic carbocycles. The zero-order valence-corrected chi connectivity index (χ0v) is 22.2. The molecule has 6 aromatic rings. The van der Waals surface area contributed by atoms with Gasteiger partial charge in [0.25, 0.3) is 5.91 Å². The first kappa shape index (κ1) is 24.9. The molecule has 9 nitrogen and oxygen atoms in total. The summed E-state index contributed by atoms with van der Waals surface area (Å²) in [4.78, 5) is 25.4. The number of pyridine rings is 2. The van der Waals surface area contributed by atoms with Gasteiger partial charge in [-0.05, 0) is 48.0 Å². The number of anilines is 2. The fourth-order valence-electron chi connectivity index (χ4n) is 4.55. The van der Waals surface area contributed by atoms with Crippen LogP contribution in [0.3, 0.4) is 0 Å². The molecule has 0 atom stereocenters. The Morgan fingerprint density at radius 1 is 0.900 bits per heavy atom. The van der Waals surface area contributed by atoms with Gasteiger partial charge in [-0.3, -0.25) is 14.8 Å². The molecule has 0 unspecified atom stereocenters. The number of fused-ring (bicyclic) bond motifs is 2. The van der Waals surface area contributed by atoms with Crippen LogP contribution in [0.2, 0.25) is 0 Å². The number of hydrogen-bond donors (Lipinski definition) is 2. The maximum absolute atomic E-state index is 11.9. The minimum Gasteiger partial charge on any atom is -0.495 e. The number of hydrogen-bond acceptors (Lipinski definition) is 7. The molecule has 0 radical (unpaired) electrons. The Labute approximate surface area is 233 Å². The van der Waals surface area contributed by atoms with Crippen LogP contribution >= 0.6 is 0 Å². The molecule has 0 aliphatic rings. The summed E-state index contributed by atoms with van der Waals surface area (Å²) in [6, 6.07) is 25.1.